The molecule has 1 amide bonds. The van der Waals surface area contributed by atoms with Crippen molar-refractivity contribution >= 4 is 33.8 Å². The molecule has 1 aromatic carbocycles. The Morgan fingerprint density at radius 2 is 1.92 bits per heavy atom. The SMILES string of the molecule is Cc1cc(C)cc(CN2C[C@@H](SC3=C(C(=O)O)N4C(=O)[C@H]([C@@H](C)O)[C@H]4[C@H]3C)C[C@H]2CNS(N)(=O)=O)c1. The zero-order valence-electron chi connectivity index (χ0n) is 20.8. The number of hydrogen-bond donors (Lipinski definition) is 4. The molecule has 3 heterocycles. The van der Waals surface area contributed by atoms with Gasteiger partial charge in [-0.25, -0.2) is 14.7 Å². The first-order chi connectivity index (χ1) is 16.8. The number of aliphatic hydroxyl groups is 1. The lowest BCUT2D eigenvalue weighted by atomic mass is 9.79. The minimum Gasteiger partial charge on any atom is -0.477 e. The van der Waals surface area contributed by atoms with Crippen molar-refractivity contribution in [2.75, 3.05) is 13.1 Å². The van der Waals surface area contributed by atoms with E-state index in [9.17, 15) is 28.2 Å². The highest BCUT2D eigenvalue weighted by Gasteiger charge is 2.60. The van der Waals surface area contributed by atoms with Gasteiger partial charge in [-0.2, -0.15) is 8.42 Å². The van der Waals surface area contributed by atoms with E-state index < -0.39 is 28.2 Å². The molecule has 2 saturated heterocycles. The van der Waals surface area contributed by atoms with Crippen molar-refractivity contribution in [1.82, 2.24) is 14.5 Å². The highest BCUT2D eigenvalue weighted by molar-refractivity contribution is 8.03. The highest BCUT2D eigenvalue weighted by Crippen LogP contribution is 2.52. The van der Waals surface area contributed by atoms with E-state index in [4.69, 9.17) is 5.14 Å². The lowest BCUT2D eigenvalue weighted by Gasteiger charge is -2.46. The fraction of sp³-hybridized carbons (Fsp3) is 0.583. The number of carbonyl (C=O) groups excluding carboxylic acids is 1. The molecule has 0 aromatic heterocycles. The van der Waals surface area contributed by atoms with Crippen molar-refractivity contribution in [2.24, 2.45) is 17.0 Å². The summed E-state index contributed by atoms with van der Waals surface area (Å²) in [7, 11) is -3.86. The number of nitrogens with one attached hydrogen (secondary N) is 1. The van der Waals surface area contributed by atoms with Crippen molar-refractivity contribution in [2.45, 2.75) is 64.1 Å². The number of carbonyl (C=O) groups is 2. The number of nitrogens with two attached hydrogens (primary N) is 1. The van der Waals surface area contributed by atoms with Crippen molar-refractivity contribution in [3.63, 3.8) is 0 Å². The molecule has 1 aromatic rings. The van der Waals surface area contributed by atoms with Gasteiger partial charge in [-0.05, 0) is 32.8 Å². The summed E-state index contributed by atoms with van der Waals surface area (Å²) in [5, 5.41) is 25.2. The van der Waals surface area contributed by atoms with Crippen LogP contribution >= 0.6 is 11.8 Å². The third-order valence-corrected chi connectivity index (χ3v) is 9.34. The first-order valence-corrected chi connectivity index (χ1v) is 14.4. The standard InChI is InChI=1S/C24H34N4O6S2/c1-12-5-13(2)7-16(6-12)10-27-11-18(8-17(27)9-26-36(25,33)34)35-22-14(3)20-19(15(4)29)23(30)28(20)21(22)24(31)32/h5-7,14-15,17-20,26,29H,8-11H2,1-4H3,(H,31,32)(H2,25,33,34)/t14-,15-,17+,18+,19-,20-/m1/s1. The first-order valence-electron chi connectivity index (χ1n) is 12.0. The lowest BCUT2D eigenvalue weighted by Crippen LogP contribution is -2.63. The van der Waals surface area contributed by atoms with Gasteiger partial charge in [0.15, 0.2) is 0 Å². The minimum atomic E-state index is -3.86. The summed E-state index contributed by atoms with van der Waals surface area (Å²) in [4.78, 5) is 29.0. The van der Waals surface area contributed by atoms with E-state index >= 15 is 0 Å². The Morgan fingerprint density at radius 3 is 2.47 bits per heavy atom. The van der Waals surface area contributed by atoms with Crippen LogP contribution in [0, 0.1) is 25.7 Å². The Bertz CT molecular complexity index is 1180. The van der Waals surface area contributed by atoms with E-state index in [1.165, 1.54) is 16.7 Å². The van der Waals surface area contributed by atoms with Gasteiger partial charge in [0.25, 0.3) is 10.2 Å². The molecule has 0 radical (unpaired) electrons. The fourth-order valence-corrected chi connectivity index (χ4v) is 7.91. The van der Waals surface area contributed by atoms with Gasteiger partial charge in [0.2, 0.25) is 5.91 Å². The molecular weight excluding hydrogens is 504 g/mol. The molecule has 3 aliphatic rings. The number of benzene rings is 1. The molecule has 10 nitrogen and oxygen atoms in total. The first kappa shape index (κ1) is 27.1. The second-order valence-corrected chi connectivity index (χ2v) is 12.9. The minimum absolute atomic E-state index is 0.00575. The predicted molar refractivity (Wildman–Crippen MR) is 137 cm³/mol. The Labute approximate surface area is 216 Å². The van der Waals surface area contributed by atoms with Crippen molar-refractivity contribution in [3.8, 4) is 0 Å². The molecule has 2 fully saturated rings. The van der Waals surface area contributed by atoms with Crippen LogP contribution < -0.4 is 9.86 Å². The van der Waals surface area contributed by atoms with Crippen LogP contribution in [-0.4, -0.2) is 76.8 Å². The number of likely N-dealkylation sites (tertiary alicyclic amines) is 1. The normalized spacial score (nSPS) is 29.4. The number of hydrogen-bond acceptors (Lipinski definition) is 7. The number of thioether (sulfide) groups is 1. The summed E-state index contributed by atoms with van der Waals surface area (Å²) in [6, 6.07) is 5.82. The van der Waals surface area contributed by atoms with Gasteiger partial charge in [0.1, 0.15) is 5.70 Å². The van der Waals surface area contributed by atoms with Crippen LogP contribution in [0.4, 0.5) is 0 Å². The number of nitrogens with zero attached hydrogens (tertiary/aromatic N) is 2. The maximum Gasteiger partial charge on any atom is 0.353 e. The van der Waals surface area contributed by atoms with E-state index in [2.05, 4.69) is 27.8 Å². The third kappa shape index (κ3) is 5.34. The summed E-state index contributed by atoms with van der Waals surface area (Å²) < 4.78 is 25.6. The Morgan fingerprint density at radius 1 is 1.28 bits per heavy atom. The molecule has 36 heavy (non-hydrogen) atoms. The van der Waals surface area contributed by atoms with Crippen LogP contribution in [-0.2, 0) is 26.3 Å². The van der Waals surface area contributed by atoms with Crippen molar-refractivity contribution in [1.29, 1.82) is 0 Å². The number of aryl methyl sites for hydroxylation is 2. The Balaban J connectivity index is 1.56. The van der Waals surface area contributed by atoms with Crippen molar-refractivity contribution in [3.05, 3.63) is 45.5 Å². The number of aliphatic carboxylic acids is 1. The molecule has 0 saturated carbocycles. The number of aliphatic hydroxyl groups excluding tert-OH is 1. The topological polar surface area (TPSA) is 153 Å². The maximum atomic E-state index is 12.6. The average Bonchev–Trinajstić information content (AvgIpc) is 3.21. The molecule has 12 heteroatoms. The van der Waals surface area contributed by atoms with E-state index in [1.54, 1.807) is 6.92 Å². The molecule has 4 rings (SSSR count). The summed E-state index contributed by atoms with van der Waals surface area (Å²) in [6.45, 7) is 8.92. The largest absolute Gasteiger partial charge is 0.477 e. The Hall–Kier alpha value is -1.96. The fourth-order valence-electron chi connectivity index (χ4n) is 5.89. The number of amides is 1. The van der Waals surface area contributed by atoms with Crippen LogP contribution in [0.5, 0.6) is 0 Å². The van der Waals surface area contributed by atoms with Crippen LogP contribution in [0.15, 0.2) is 28.8 Å². The third-order valence-electron chi connectivity index (χ3n) is 7.28. The summed E-state index contributed by atoms with van der Waals surface area (Å²) in [6.07, 6.45) is -0.228. The zero-order chi connectivity index (χ0) is 26.5. The van der Waals surface area contributed by atoms with Gasteiger partial charge in [-0.3, -0.25) is 9.69 Å². The molecular formula is C24H34N4O6S2. The lowest BCUT2D eigenvalue weighted by molar-refractivity contribution is -0.163. The quantitative estimate of drug-likeness (QED) is 0.339. The summed E-state index contributed by atoms with van der Waals surface area (Å²) in [5.41, 5.74) is 3.42. The van der Waals surface area contributed by atoms with Crippen LogP contribution in [0.3, 0.4) is 0 Å². The number of carboxylic acid groups (broad SMARTS) is 1. The molecule has 3 aliphatic heterocycles. The average molecular weight is 539 g/mol. The second-order valence-electron chi connectivity index (χ2n) is 10.2. The molecule has 198 valence electrons. The van der Waals surface area contributed by atoms with E-state index in [1.807, 2.05) is 20.8 Å². The molecule has 0 aliphatic carbocycles. The molecule has 6 atom stereocenters. The van der Waals surface area contributed by atoms with E-state index in [-0.39, 0.29) is 41.4 Å². The highest BCUT2D eigenvalue weighted by atomic mass is 32.2. The van der Waals surface area contributed by atoms with Gasteiger partial charge in [-0.1, -0.05) is 36.2 Å². The summed E-state index contributed by atoms with van der Waals surface area (Å²) >= 11 is 1.45. The molecule has 0 spiro atoms. The molecule has 5 N–H and O–H groups in total. The van der Waals surface area contributed by atoms with E-state index in [0.717, 1.165) is 16.7 Å². The number of rotatable bonds is 9. The van der Waals surface area contributed by atoms with E-state index in [0.29, 0.717) is 24.4 Å². The number of fused-ring (bicyclic) bond motifs is 1. The molecule has 0 unspecified atom stereocenters. The smallest absolute Gasteiger partial charge is 0.353 e. The summed E-state index contributed by atoms with van der Waals surface area (Å²) in [5.74, 6) is -2.33. The molecule has 0 bridgehead atoms. The van der Waals surface area contributed by atoms with Crippen LogP contribution in [0.25, 0.3) is 0 Å². The second kappa shape index (κ2) is 10.1. The van der Waals surface area contributed by atoms with Crippen LogP contribution in [0.1, 0.15) is 37.0 Å². The monoisotopic (exact) mass is 538 g/mol. The predicted octanol–water partition coefficient (Wildman–Crippen LogP) is 0.926. The van der Waals surface area contributed by atoms with Gasteiger partial charge >= 0.3 is 5.97 Å². The number of carboxylic acids is 1. The maximum absolute atomic E-state index is 12.6. The zero-order valence-corrected chi connectivity index (χ0v) is 22.5. The van der Waals surface area contributed by atoms with Gasteiger partial charge in [-0.15, -0.1) is 11.8 Å². The Kier molecular flexibility index (Phi) is 7.58. The van der Waals surface area contributed by atoms with Gasteiger partial charge in [0.05, 0.1) is 18.1 Å². The van der Waals surface area contributed by atoms with Gasteiger partial charge < -0.3 is 15.1 Å². The van der Waals surface area contributed by atoms with Gasteiger partial charge in [0, 0.05) is 41.7 Å². The van der Waals surface area contributed by atoms with Crippen LogP contribution in [0.2, 0.25) is 0 Å². The van der Waals surface area contributed by atoms with Crippen molar-refractivity contribution < 1.29 is 28.2 Å². The number of β-lactam (4-membered cyclic amide) rings is 1.